The molecule has 0 aromatic heterocycles. The first-order valence-corrected chi connectivity index (χ1v) is 3.91. The molecule has 1 rings (SSSR count). The maximum Gasteiger partial charge on any atom is 0.00643 e. The lowest BCUT2D eigenvalue weighted by Crippen LogP contribution is -2.34. The smallest absolute Gasteiger partial charge is 0.00643 e. The zero-order chi connectivity index (χ0) is 6.91. The molecule has 0 amide bonds. The van der Waals surface area contributed by atoms with Gasteiger partial charge in [-0.1, -0.05) is 19.8 Å². The van der Waals surface area contributed by atoms with Crippen molar-refractivity contribution in [3.63, 3.8) is 0 Å². The molecule has 0 heterocycles. The highest BCUT2D eigenvalue weighted by Gasteiger charge is 2.31. The van der Waals surface area contributed by atoms with E-state index < -0.39 is 0 Å². The van der Waals surface area contributed by atoms with Crippen LogP contribution in [0.5, 0.6) is 0 Å². The van der Waals surface area contributed by atoms with E-state index in [2.05, 4.69) is 13.8 Å². The van der Waals surface area contributed by atoms with Crippen LogP contribution in [0.1, 0.15) is 39.5 Å². The van der Waals surface area contributed by atoms with Gasteiger partial charge >= 0.3 is 0 Å². The molecule has 2 N–H and O–H groups in total. The van der Waals surface area contributed by atoms with Crippen molar-refractivity contribution in [1.29, 1.82) is 0 Å². The molecule has 54 valence electrons. The first kappa shape index (κ1) is 7.07. The minimum absolute atomic E-state index is 0.389. The van der Waals surface area contributed by atoms with Crippen molar-refractivity contribution in [1.82, 2.24) is 0 Å². The predicted octanol–water partition coefficient (Wildman–Crippen LogP) is 1.91. The molecule has 0 saturated heterocycles. The maximum absolute atomic E-state index is 5.83. The quantitative estimate of drug-likeness (QED) is 0.572. The van der Waals surface area contributed by atoms with Crippen LogP contribution in [0.25, 0.3) is 0 Å². The summed E-state index contributed by atoms with van der Waals surface area (Å²) in [6.07, 6.45) is 5.45. The van der Waals surface area contributed by atoms with E-state index in [1.54, 1.807) is 0 Å². The fraction of sp³-hybridized carbons (Fsp3) is 1.00. The van der Waals surface area contributed by atoms with Crippen LogP contribution in [0.15, 0.2) is 0 Å². The molecule has 1 nitrogen and oxygen atoms in total. The molecule has 1 heteroatoms. The Kier molecular flexibility index (Phi) is 1.80. The van der Waals surface area contributed by atoms with E-state index in [1.165, 1.54) is 25.7 Å². The van der Waals surface area contributed by atoms with Crippen LogP contribution in [0.3, 0.4) is 0 Å². The summed E-state index contributed by atoms with van der Waals surface area (Å²) in [6.45, 7) is 4.44. The molecule has 0 aromatic carbocycles. The van der Waals surface area contributed by atoms with Crippen molar-refractivity contribution in [2.75, 3.05) is 0 Å². The minimum atomic E-state index is 0.389. The van der Waals surface area contributed by atoms with Crippen LogP contribution in [-0.4, -0.2) is 6.04 Å². The number of nitrogens with two attached hydrogens (primary N) is 1. The van der Waals surface area contributed by atoms with E-state index in [4.69, 9.17) is 5.73 Å². The van der Waals surface area contributed by atoms with Crippen molar-refractivity contribution in [2.45, 2.75) is 45.6 Å². The van der Waals surface area contributed by atoms with Gasteiger partial charge in [0.25, 0.3) is 0 Å². The van der Waals surface area contributed by atoms with Gasteiger partial charge in [-0.05, 0) is 25.2 Å². The first-order valence-electron chi connectivity index (χ1n) is 3.91. The number of hydrogen-bond donors (Lipinski definition) is 1. The van der Waals surface area contributed by atoms with Crippen LogP contribution in [0.4, 0.5) is 0 Å². The van der Waals surface area contributed by atoms with Crippen molar-refractivity contribution in [3.8, 4) is 0 Å². The molecule has 1 atom stereocenters. The first-order chi connectivity index (χ1) is 4.15. The molecular formula is C8H17N. The Morgan fingerprint density at radius 2 is 1.78 bits per heavy atom. The second kappa shape index (κ2) is 2.30. The molecule has 1 saturated carbocycles. The van der Waals surface area contributed by atoms with Crippen molar-refractivity contribution in [3.05, 3.63) is 0 Å². The second-order valence-electron chi connectivity index (χ2n) is 3.65. The van der Waals surface area contributed by atoms with Gasteiger partial charge in [-0.3, -0.25) is 0 Å². The van der Waals surface area contributed by atoms with Gasteiger partial charge in [0, 0.05) is 6.04 Å². The Bertz CT molecular complexity index is 90.7. The van der Waals surface area contributed by atoms with Gasteiger partial charge in [0.2, 0.25) is 0 Å². The van der Waals surface area contributed by atoms with Crippen molar-refractivity contribution in [2.24, 2.45) is 11.1 Å². The molecule has 1 unspecified atom stereocenters. The van der Waals surface area contributed by atoms with Gasteiger partial charge in [0.1, 0.15) is 0 Å². The normalized spacial score (nSPS) is 28.3. The SMILES string of the molecule is CC(N)C1(C)CCCC1. The van der Waals surface area contributed by atoms with Gasteiger partial charge in [-0.25, -0.2) is 0 Å². The summed E-state index contributed by atoms with van der Waals surface area (Å²) in [5.41, 5.74) is 6.30. The molecular weight excluding hydrogens is 110 g/mol. The van der Waals surface area contributed by atoms with E-state index in [0.29, 0.717) is 11.5 Å². The molecule has 1 fully saturated rings. The summed E-state index contributed by atoms with van der Waals surface area (Å²) in [4.78, 5) is 0. The summed E-state index contributed by atoms with van der Waals surface area (Å²) in [7, 11) is 0. The molecule has 1 aliphatic carbocycles. The van der Waals surface area contributed by atoms with Gasteiger partial charge < -0.3 is 5.73 Å². The third kappa shape index (κ3) is 1.26. The van der Waals surface area contributed by atoms with Crippen LogP contribution < -0.4 is 5.73 Å². The summed E-state index contributed by atoms with van der Waals surface area (Å²) >= 11 is 0. The highest BCUT2D eigenvalue weighted by molar-refractivity contribution is 4.86. The highest BCUT2D eigenvalue weighted by Crippen LogP contribution is 2.39. The van der Waals surface area contributed by atoms with E-state index in [0.717, 1.165) is 0 Å². The van der Waals surface area contributed by atoms with Gasteiger partial charge in [-0.15, -0.1) is 0 Å². The fourth-order valence-corrected chi connectivity index (χ4v) is 1.64. The average molecular weight is 127 g/mol. The lowest BCUT2D eigenvalue weighted by atomic mass is 9.82. The Morgan fingerprint density at radius 3 is 2.00 bits per heavy atom. The standard InChI is InChI=1S/C8H17N/c1-7(9)8(2)5-3-4-6-8/h7H,3-6,9H2,1-2H3. The maximum atomic E-state index is 5.83. The summed E-state index contributed by atoms with van der Waals surface area (Å²) in [6, 6.07) is 0.389. The Labute approximate surface area is 57.6 Å². The van der Waals surface area contributed by atoms with Crippen LogP contribution >= 0.6 is 0 Å². The second-order valence-corrected chi connectivity index (χ2v) is 3.65. The van der Waals surface area contributed by atoms with Crippen molar-refractivity contribution < 1.29 is 0 Å². The monoisotopic (exact) mass is 127 g/mol. The van der Waals surface area contributed by atoms with Gasteiger partial charge in [-0.2, -0.15) is 0 Å². The van der Waals surface area contributed by atoms with E-state index in [1.807, 2.05) is 0 Å². The molecule has 0 aliphatic heterocycles. The zero-order valence-corrected chi connectivity index (χ0v) is 6.48. The van der Waals surface area contributed by atoms with Crippen LogP contribution in [0.2, 0.25) is 0 Å². The lowest BCUT2D eigenvalue weighted by Gasteiger charge is -2.27. The lowest BCUT2D eigenvalue weighted by molar-refractivity contribution is 0.277. The third-order valence-electron chi connectivity index (χ3n) is 2.85. The average Bonchev–Trinajstić information content (AvgIpc) is 2.16. The predicted molar refractivity (Wildman–Crippen MR) is 40.2 cm³/mol. The Balaban J connectivity index is 2.51. The summed E-state index contributed by atoms with van der Waals surface area (Å²) in [5, 5.41) is 0. The summed E-state index contributed by atoms with van der Waals surface area (Å²) in [5.74, 6) is 0. The molecule has 0 bridgehead atoms. The number of rotatable bonds is 1. The topological polar surface area (TPSA) is 26.0 Å². The van der Waals surface area contributed by atoms with Gasteiger partial charge in [0.15, 0.2) is 0 Å². The van der Waals surface area contributed by atoms with E-state index in [-0.39, 0.29) is 0 Å². The zero-order valence-electron chi connectivity index (χ0n) is 6.48. The Morgan fingerprint density at radius 1 is 1.33 bits per heavy atom. The van der Waals surface area contributed by atoms with Gasteiger partial charge in [0.05, 0.1) is 0 Å². The number of hydrogen-bond acceptors (Lipinski definition) is 1. The highest BCUT2D eigenvalue weighted by atomic mass is 14.7. The third-order valence-corrected chi connectivity index (χ3v) is 2.85. The van der Waals surface area contributed by atoms with Crippen LogP contribution in [0, 0.1) is 5.41 Å². The fourth-order valence-electron chi connectivity index (χ4n) is 1.64. The molecule has 0 spiro atoms. The molecule has 0 radical (unpaired) electrons. The van der Waals surface area contributed by atoms with Crippen LogP contribution in [-0.2, 0) is 0 Å². The largest absolute Gasteiger partial charge is 0.327 e. The molecule has 1 aliphatic rings. The van der Waals surface area contributed by atoms with Crippen molar-refractivity contribution >= 4 is 0 Å². The summed E-state index contributed by atoms with van der Waals surface area (Å²) < 4.78 is 0. The van der Waals surface area contributed by atoms with E-state index in [9.17, 15) is 0 Å². The Hall–Kier alpha value is -0.0400. The van der Waals surface area contributed by atoms with E-state index >= 15 is 0 Å². The molecule has 9 heavy (non-hydrogen) atoms. The molecule has 0 aromatic rings. The minimum Gasteiger partial charge on any atom is -0.327 e.